The number of aliphatic hydroxyl groups is 2. The van der Waals surface area contributed by atoms with Crippen molar-refractivity contribution < 1.29 is 20.4 Å². The molecule has 0 aliphatic heterocycles. The van der Waals surface area contributed by atoms with Crippen LogP contribution in [0.3, 0.4) is 0 Å². The van der Waals surface area contributed by atoms with Gasteiger partial charge in [0.2, 0.25) is 0 Å². The Morgan fingerprint density at radius 2 is 1.79 bits per heavy atom. The van der Waals surface area contributed by atoms with Gasteiger partial charge < -0.3 is 20.4 Å². The lowest BCUT2D eigenvalue weighted by Crippen LogP contribution is -2.19. The van der Waals surface area contributed by atoms with Gasteiger partial charge in [0, 0.05) is 5.75 Å². The predicted octanol–water partition coefficient (Wildman–Crippen LogP) is 0.422. The summed E-state index contributed by atoms with van der Waals surface area (Å²) in [6, 6.07) is 3.87. The minimum Gasteiger partial charge on any atom is -0.504 e. The maximum Gasteiger partial charge on any atom is 0.157 e. The van der Waals surface area contributed by atoms with Crippen LogP contribution in [0.15, 0.2) is 18.2 Å². The summed E-state index contributed by atoms with van der Waals surface area (Å²) >= 11 is 3.83. The van der Waals surface area contributed by atoms with E-state index in [0.29, 0.717) is 5.56 Å². The maximum atomic E-state index is 9.51. The normalized spacial score (nSPS) is 15.1. The molecular weight excluding hydrogens is 204 g/mol. The third kappa shape index (κ3) is 2.31. The fraction of sp³-hybridized carbons (Fsp3) is 0.333. The van der Waals surface area contributed by atoms with Crippen molar-refractivity contribution in [3.63, 3.8) is 0 Å². The highest BCUT2D eigenvalue weighted by Gasteiger charge is 2.17. The lowest BCUT2D eigenvalue weighted by atomic mass is 10.0. The van der Waals surface area contributed by atoms with Crippen molar-refractivity contribution in [3.8, 4) is 11.5 Å². The molecule has 0 heterocycles. The average molecular weight is 216 g/mol. The Balaban J connectivity index is 2.91. The predicted molar refractivity (Wildman–Crippen MR) is 54.6 cm³/mol. The number of thiol groups is 1. The van der Waals surface area contributed by atoms with Crippen molar-refractivity contribution in [3.05, 3.63) is 23.8 Å². The molecule has 5 heteroatoms. The van der Waals surface area contributed by atoms with E-state index in [2.05, 4.69) is 12.6 Å². The van der Waals surface area contributed by atoms with E-state index in [1.54, 1.807) is 0 Å². The molecule has 4 nitrogen and oxygen atoms in total. The zero-order valence-electron chi connectivity index (χ0n) is 7.33. The number of rotatable bonds is 3. The molecule has 2 unspecified atom stereocenters. The van der Waals surface area contributed by atoms with Crippen molar-refractivity contribution in [1.82, 2.24) is 0 Å². The van der Waals surface area contributed by atoms with E-state index < -0.39 is 12.2 Å². The first kappa shape index (κ1) is 11.2. The zero-order chi connectivity index (χ0) is 10.7. The van der Waals surface area contributed by atoms with E-state index in [4.69, 9.17) is 10.2 Å². The van der Waals surface area contributed by atoms with E-state index in [1.165, 1.54) is 18.2 Å². The Hall–Kier alpha value is -0.910. The standard InChI is InChI=1S/C9H12O4S/c10-6-2-1-5(3-7(6)11)9(13)8(12)4-14/h1-3,8-14H,4H2. The molecule has 0 saturated heterocycles. The van der Waals surface area contributed by atoms with Crippen LogP contribution in [0.4, 0.5) is 0 Å². The molecule has 0 aromatic heterocycles. The van der Waals surface area contributed by atoms with Gasteiger partial charge in [0.05, 0.1) is 6.10 Å². The smallest absolute Gasteiger partial charge is 0.157 e. The number of phenolic OH excluding ortho intramolecular Hbond substituents is 2. The molecule has 0 fully saturated rings. The fourth-order valence-corrected chi connectivity index (χ4v) is 1.25. The Labute approximate surface area is 86.9 Å². The number of phenols is 2. The van der Waals surface area contributed by atoms with Gasteiger partial charge in [-0.25, -0.2) is 0 Å². The van der Waals surface area contributed by atoms with Gasteiger partial charge in [-0.3, -0.25) is 0 Å². The molecule has 78 valence electrons. The summed E-state index contributed by atoms with van der Waals surface area (Å²) in [4.78, 5) is 0. The Morgan fingerprint density at radius 3 is 2.29 bits per heavy atom. The maximum absolute atomic E-state index is 9.51. The summed E-state index contributed by atoms with van der Waals surface area (Å²) < 4.78 is 0. The van der Waals surface area contributed by atoms with Crippen LogP contribution in [0.2, 0.25) is 0 Å². The van der Waals surface area contributed by atoms with Crippen molar-refractivity contribution >= 4 is 12.6 Å². The van der Waals surface area contributed by atoms with E-state index in [1.807, 2.05) is 0 Å². The molecule has 14 heavy (non-hydrogen) atoms. The number of hydrogen-bond donors (Lipinski definition) is 5. The molecule has 1 aromatic carbocycles. The molecule has 1 rings (SSSR count). The summed E-state index contributed by atoms with van der Waals surface area (Å²) in [5.74, 6) is -0.475. The van der Waals surface area contributed by atoms with E-state index in [0.717, 1.165) is 0 Å². The second-order valence-electron chi connectivity index (χ2n) is 2.94. The minimum atomic E-state index is -1.11. The molecular formula is C9H12O4S. The molecule has 0 radical (unpaired) electrons. The van der Waals surface area contributed by atoms with Crippen LogP contribution in [0.5, 0.6) is 11.5 Å². The molecule has 0 amide bonds. The fourth-order valence-electron chi connectivity index (χ4n) is 1.05. The highest BCUT2D eigenvalue weighted by Crippen LogP contribution is 2.28. The summed E-state index contributed by atoms with van der Waals surface area (Å²) in [5.41, 5.74) is 0.335. The van der Waals surface area contributed by atoms with Crippen LogP contribution >= 0.6 is 12.6 Å². The van der Waals surface area contributed by atoms with E-state index in [9.17, 15) is 10.2 Å². The van der Waals surface area contributed by atoms with Crippen LogP contribution < -0.4 is 0 Å². The lowest BCUT2D eigenvalue weighted by Gasteiger charge is -2.16. The van der Waals surface area contributed by atoms with Crippen LogP contribution in [-0.2, 0) is 0 Å². The topological polar surface area (TPSA) is 80.9 Å². The van der Waals surface area contributed by atoms with Crippen LogP contribution in [-0.4, -0.2) is 32.3 Å². The monoisotopic (exact) mass is 216 g/mol. The van der Waals surface area contributed by atoms with Crippen molar-refractivity contribution in [2.75, 3.05) is 5.75 Å². The molecule has 0 aliphatic rings. The van der Waals surface area contributed by atoms with Crippen LogP contribution in [0.25, 0.3) is 0 Å². The van der Waals surface area contributed by atoms with Gasteiger partial charge in [-0.15, -0.1) is 0 Å². The summed E-state index contributed by atoms with van der Waals surface area (Å²) in [6.45, 7) is 0. The molecule has 0 bridgehead atoms. The van der Waals surface area contributed by atoms with Gasteiger partial charge in [0.15, 0.2) is 11.5 Å². The highest BCUT2D eigenvalue weighted by atomic mass is 32.1. The molecule has 0 spiro atoms. The number of aliphatic hydroxyl groups excluding tert-OH is 2. The van der Waals surface area contributed by atoms with Gasteiger partial charge >= 0.3 is 0 Å². The van der Waals surface area contributed by atoms with E-state index >= 15 is 0 Å². The second kappa shape index (κ2) is 4.54. The first-order valence-corrected chi connectivity index (χ1v) is 4.68. The second-order valence-corrected chi connectivity index (χ2v) is 3.31. The SMILES string of the molecule is Oc1ccc(C(O)C(O)CS)cc1O. The Bertz CT molecular complexity index is 316. The highest BCUT2D eigenvalue weighted by molar-refractivity contribution is 7.80. The third-order valence-corrected chi connectivity index (χ3v) is 2.27. The summed E-state index contributed by atoms with van der Waals surface area (Å²) in [7, 11) is 0. The molecule has 4 N–H and O–H groups in total. The number of aromatic hydroxyl groups is 2. The van der Waals surface area contributed by atoms with Gasteiger partial charge in [0.1, 0.15) is 6.10 Å². The minimum absolute atomic E-state index is 0.114. The van der Waals surface area contributed by atoms with Crippen molar-refractivity contribution in [2.24, 2.45) is 0 Å². The zero-order valence-corrected chi connectivity index (χ0v) is 8.22. The van der Waals surface area contributed by atoms with Gasteiger partial charge in [-0.05, 0) is 17.7 Å². The van der Waals surface area contributed by atoms with Gasteiger partial charge in [0.25, 0.3) is 0 Å². The number of benzene rings is 1. The summed E-state index contributed by atoms with van der Waals surface area (Å²) in [5, 5.41) is 36.9. The lowest BCUT2D eigenvalue weighted by molar-refractivity contribution is 0.0336. The van der Waals surface area contributed by atoms with E-state index in [-0.39, 0.29) is 17.3 Å². The summed E-state index contributed by atoms with van der Waals surface area (Å²) in [6.07, 6.45) is -2.11. The molecule has 2 atom stereocenters. The van der Waals surface area contributed by atoms with Gasteiger partial charge in [-0.2, -0.15) is 12.6 Å². The molecule has 0 saturated carbocycles. The average Bonchev–Trinajstić information content (AvgIpc) is 2.20. The quantitative estimate of drug-likeness (QED) is 0.375. The van der Waals surface area contributed by atoms with Crippen molar-refractivity contribution in [2.45, 2.75) is 12.2 Å². The van der Waals surface area contributed by atoms with Crippen LogP contribution in [0.1, 0.15) is 11.7 Å². The largest absolute Gasteiger partial charge is 0.504 e. The van der Waals surface area contributed by atoms with Gasteiger partial charge in [-0.1, -0.05) is 6.07 Å². The molecule has 0 aliphatic carbocycles. The first-order valence-electron chi connectivity index (χ1n) is 4.05. The third-order valence-electron chi connectivity index (χ3n) is 1.89. The van der Waals surface area contributed by atoms with Crippen LogP contribution in [0, 0.1) is 0 Å². The Morgan fingerprint density at radius 1 is 1.14 bits per heavy atom. The first-order chi connectivity index (χ1) is 6.56. The molecule has 1 aromatic rings. The number of hydrogen-bond acceptors (Lipinski definition) is 5. The van der Waals surface area contributed by atoms with Crippen molar-refractivity contribution in [1.29, 1.82) is 0 Å². The Kier molecular flexibility index (Phi) is 3.62.